The van der Waals surface area contributed by atoms with Gasteiger partial charge in [0.05, 0.1) is 15.7 Å². The van der Waals surface area contributed by atoms with Crippen LogP contribution in [0.15, 0.2) is 23.0 Å². The maximum absolute atomic E-state index is 12.1. The summed E-state index contributed by atoms with van der Waals surface area (Å²) >= 11 is 7.70. The normalized spacial score (nSPS) is 10.6. The van der Waals surface area contributed by atoms with E-state index in [1.807, 2.05) is 22.6 Å². The number of hydrogen-bond donors (Lipinski definition) is 1. The zero-order valence-corrected chi connectivity index (χ0v) is 12.3. The van der Waals surface area contributed by atoms with Crippen molar-refractivity contribution in [2.45, 2.75) is 6.92 Å². The third-order valence-electron chi connectivity index (χ3n) is 2.38. The number of hydrogen-bond acceptors (Lipinski definition) is 3. The summed E-state index contributed by atoms with van der Waals surface area (Å²) in [6, 6.07) is 4.88. The average Bonchev–Trinajstić information content (AvgIpc) is 2.33. The fourth-order valence-electron chi connectivity index (χ4n) is 1.58. The Labute approximate surface area is 121 Å². The zero-order valence-electron chi connectivity index (χ0n) is 9.42. The highest BCUT2D eigenvalue weighted by atomic mass is 127. The van der Waals surface area contributed by atoms with Crippen molar-refractivity contribution in [1.82, 2.24) is 4.98 Å². The van der Waals surface area contributed by atoms with Crippen LogP contribution in [0, 0.1) is 3.57 Å². The van der Waals surface area contributed by atoms with Gasteiger partial charge in [-0.2, -0.15) is 0 Å². The zero-order chi connectivity index (χ0) is 13.3. The first-order valence-corrected chi connectivity index (χ1v) is 6.68. The summed E-state index contributed by atoms with van der Waals surface area (Å²) in [5, 5.41) is 0.992. The smallest absolute Gasteiger partial charge is 0.356 e. The summed E-state index contributed by atoms with van der Waals surface area (Å²) in [4.78, 5) is 26.7. The molecule has 0 unspecified atom stereocenters. The topological polar surface area (TPSA) is 59.2 Å². The van der Waals surface area contributed by atoms with E-state index < -0.39 is 5.97 Å². The summed E-state index contributed by atoms with van der Waals surface area (Å²) in [5.41, 5.74) is 0.484. The summed E-state index contributed by atoms with van der Waals surface area (Å²) in [5.74, 6) is -0.541. The second-order valence-electron chi connectivity index (χ2n) is 3.55. The molecule has 2 aromatic rings. The van der Waals surface area contributed by atoms with Gasteiger partial charge in [0.1, 0.15) is 5.69 Å². The summed E-state index contributed by atoms with van der Waals surface area (Å²) in [6.07, 6.45) is 0. The Kier molecular flexibility index (Phi) is 3.91. The molecule has 1 N–H and O–H groups in total. The van der Waals surface area contributed by atoms with Crippen LogP contribution >= 0.6 is 34.2 Å². The maximum atomic E-state index is 12.1. The van der Waals surface area contributed by atoms with Crippen LogP contribution in [0.1, 0.15) is 17.4 Å². The molecule has 0 aliphatic heterocycles. The molecule has 0 spiro atoms. The molecule has 4 nitrogen and oxygen atoms in total. The van der Waals surface area contributed by atoms with Gasteiger partial charge in [0.15, 0.2) is 0 Å². The fraction of sp³-hybridized carbons (Fsp3) is 0.167. The van der Waals surface area contributed by atoms with Gasteiger partial charge >= 0.3 is 5.97 Å². The number of nitrogens with one attached hydrogen (secondary N) is 1. The minimum absolute atomic E-state index is 0.164. The number of fused-ring (bicyclic) bond motifs is 1. The van der Waals surface area contributed by atoms with Gasteiger partial charge in [0.2, 0.25) is 5.43 Å². The molecule has 94 valence electrons. The molecule has 0 radical (unpaired) electrons. The minimum atomic E-state index is -0.541. The molecule has 0 bridgehead atoms. The van der Waals surface area contributed by atoms with E-state index in [-0.39, 0.29) is 17.7 Å². The lowest BCUT2D eigenvalue weighted by Gasteiger charge is -2.06. The second-order valence-corrected chi connectivity index (χ2v) is 5.07. The molecule has 18 heavy (non-hydrogen) atoms. The van der Waals surface area contributed by atoms with Crippen LogP contribution in [0.3, 0.4) is 0 Å². The third kappa shape index (κ3) is 2.37. The number of halogens is 2. The number of H-pyrrole nitrogens is 1. The highest BCUT2D eigenvalue weighted by Gasteiger charge is 2.16. The number of rotatable bonds is 2. The van der Waals surface area contributed by atoms with E-state index in [0.717, 1.165) is 0 Å². The lowest BCUT2D eigenvalue weighted by Crippen LogP contribution is -2.17. The largest absolute Gasteiger partial charge is 0.461 e. The molecule has 0 aliphatic rings. The molecular weight excluding hydrogens is 368 g/mol. The SMILES string of the molecule is CCOC(=O)c1[nH]c2cc(Cl)ccc2c(=O)c1I. The van der Waals surface area contributed by atoms with E-state index in [4.69, 9.17) is 16.3 Å². The van der Waals surface area contributed by atoms with Crippen molar-refractivity contribution < 1.29 is 9.53 Å². The Morgan fingerprint density at radius 1 is 1.50 bits per heavy atom. The van der Waals surface area contributed by atoms with E-state index in [1.54, 1.807) is 25.1 Å². The lowest BCUT2D eigenvalue weighted by atomic mass is 10.2. The molecule has 0 atom stereocenters. The standard InChI is InChI=1S/C12H9ClINO3/c1-2-18-12(17)10-9(14)11(16)7-4-3-6(13)5-8(7)15-10/h3-5H,2H2,1H3,(H,15,16). The predicted octanol–water partition coefficient (Wildman–Crippen LogP) is 2.96. The van der Waals surface area contributed by atoms with E-state index in [2.05, 4.69) is 4.98 Å². The molecule has 2 rings (SSSR count). The molecule has 0 saturated heterocycles. The molecule has 0 amide bonds. The molecule has 1 aromatic heterocycles. The Balaban J connectivity index is 2.73. The van der Waals surface area contributed by atoms with Crippen molar-refractivity contribution in [3.8, 4) is 0 Å². The molecule has 0 saturated carbocycles. The van der Waals surface area contributed by atoms with Crippen LogP contribution in [0.25, 0.3) is 10.9 Å². The first kappa shape index (κ1) is 13.4. The number of carbonyl (C=O) groups is 1. The van der Waals surface area contributed by atoms with E-state index in [0.29, 0.717) is 19.5 Å². The Morgan fingerprint density at radius 2 is 2.22 bits per heavy atom. The van der Waals surface area contributed by atoms with Gasteiger partial charge in [-0.05, 0) is 47.7 Å². The van der Waals surface area contributed by atoms with Gasteiger partial charge in [-0.25, -0.2) is 4.79 Å². The van der Waals surface area contributed by atoms with Gasteiger partial charge in [-0.3, -0.25) is 4.79 Å². The number of benzene rings is 1. The molecule has 0 fully saturated rings. The van der Waals surface area contributed by atoms with E-state index in [1.165, 1.54) is 0 Å². The minimum Gasteiger partial charge on any atom is -0.461 e. The number of aromatic amines is 1. The van der Waals surface area contributed by atoms with Crippen LogP contribution in [-0.2, 0) is 4.74 Å². The Bertz CT molecular complexity index is 681. The Morgan fingerprint density at radius 3 is 2.89 bits per heavy atom. The van der Waals surface area contributed by atoms with Gasteiger partial charge < -0.3 is 9.72 Å². The number of aromatic nitrogens is 1. The van der Waals surface area contributed by atoms with E-state index >= 15 is 0 Å². The van der Waals surface area contributed by atoms with Crippen LogP contribution < -0.4 is 5.43 Å². The first-order valence-electron chi connectivity index (χ1n) is 5.22. The lowest BCUT2D eigenvalue weighted by molar-refractivity contribution is 0.0518. The predicted molar refractivity (Wildman–Crippen MR) is 78.3 cm³/mol. The highest BCUT2D eigenvalue weighted by Crippen LogP contribution is 2.18. The van der Waals surface area contributed by atoms with Gasteiger partial charge in [0.25, 0.3) is 0 Å². The van der Waals surface area contributed by atoms with Crippen LogP contribution in [0.2, 0.25) is 5.02 Å². The van der Waals surface area contributed by atoms with Crippen molar-refractivity contribution in [2.75, 3.05) is 6.61 Å². The van der Waals surface area contributed by atoms with Crippen molar-refractivity contribution in [1.29, 1.82) is 0 Å². The Hall–Kier alpha value is -1.08. The maximum Gasteiger partial charge on any atom is 0.356 e. The van der Waals surface area contributed by atoms with Crippen molar-refractivity contribution >= 4 is 51.1 Å². The molecule has 1 heterocycles. The monoisotopic (exact) mass is 377 g/mol. The van der Waals surface area contributed by atoms with Crippen LogP contribution in [0.4, 0.5) is 0 Å². The van der Waals surface area contributed by atoms with Gasteiger partial charge in [-0.15, -0.1) is 0 Å². The summed E-state index contributed by atoms with van der Waals surface area (Å²) < 4.78 is 5.22. The summed E-state index contributed by atoms with van der Waals surface area (Å²) in [7, 11) is 0. The number of carbonyl (C=O) groups excluding carboxylic acids is 1. The molecular formula is C12H9ClINO3. The molecule has 6 heteroatoms. The fourth-order valence-corrected chi connectivity index (χ4v) is 2.40. The van der Waals surface area contributed by atoms with Gasteiger partial charge in [0, 0.05) is 10.4 Å². The number of pyridine rings is 1. The number of ether oxygens (including phenoxy) is 1. The van der Waals surface area contributed by atoms with Crippen molar-refractivity contribution in [3.63, 3.8) is 0 Å². The van der Waals surface area contributed by atoms with Crippen LogP contribution in [0.5, 0.6) is 0 Å². The van der Waals surface area contributed by atoms with Gasteiger partial charge in [-0.1, -0.05) is 11.6 Å². The second kappa shape index (κ2) is 5.27. The summed E-state index contributed by atoms with van der Waals surface area (Å²) in [6.45, 7) is 1.96. The first-order chi connectivity index (χ1) is 8.54. The highest BCUT2D eigenvalue weighted by molar-refractivity contribution is 14.1. The van der Waals surface area contributed by atoms with E-state index in [9.17, 15) is 9.59 Å². The quantitative estimate of drug-likeness (QED) is 0.647. The van der Waals surface area contributed by atoms with Crippen molar-refractivity contribution in [3.05, 3.63) is 42.7 Å². The molecule has 0 aliphatic carbocycles. The van der Waals surface area contributed by atoms with Crippen molar-refractivity contribution in [2.24, 2.45) is 0 Å². The number of esters is 1. The molecule has 1 aromatic carbocycles. The third-order valence-corrected chi connectivity index (χ3v) is 3.65. The average molecular weight is 378 g/mol. The van der Waals surface area contributed by atoms with Crippen LogP contribution in [-0.4, -0.2) is 17.6 Å².